The zero-order chi connectivity index (χ0) is 14.0. The van der Waals surface area contributed by atoms with Crippen LogP contribution in [0, 0.1) is 0 Å². The van der Waals surface area contributed by atoms with E-state index in [-0.39, 0.29) is 5.91 Å². The number of nitrogens with one attached hydrogen (secondary N) is 1. The third-order valence-corrected chi connectivity index (χ3v) is 1.54. The zero-order valence-electron chi connectivity index (χ0n) is 10.1. The molecule has 0 bridgehead atoms. The summed E-state index contributed by atoms with van der Waals surface area (Å²) in [6.07, 6.45) is -0.532. The van der Waals surface area contributed by atoms with Crippen LogP contribution in [0.4, 0.5) is 0 Å². The smallest absolute Gasteiger partial charge is 0.321 e. The van der Waals surface area contributed by atoms with Gasteiger partial charge < -0.3 is 26.2 Å². The highest BCUT2D eigenvalue weighted by atomic mass is 16.4. The topological polar surface area (TPSA) is 133 Å². The molecule has 0 aromatic heterocycles. The second-order valence-electron chi connectivity index (χ2n) is 3.36. The number of hydrogen-bond donors (Lipinski definition) is 4. The van der Waals surface area contributed by atoms with Gasteiger partial charge in [-0.3, -0.25) is 14.4 Å². The van der Waals surface area contributed by atoms with Gasteiger partial charge in [0, 0.05) is 14.1 Å². The molecule has 0 unspecified atom stereocenters. The minimum atomic E-state index is -1.29. The molecule has 8 nitrogen and oxygen atoms in total. The standard InChI is InChI=1S/C5H12N2O.C4H7NO4/c1-6-4-5(8)7(2)3;5-2(4(8)9)1-3(6)7/h6H,4H2,1-3H3;2H,1,5H2,(H,6,7)(H,8,9)/t;2-/m.0/s1. The first-order chi connectivity index (χ1) is 7.72. The molecular weight excluding hydrogens is 230 g/mol. The van der Waals surface area contributed by atoms with E-state index < -0.39 is 24.4 Å². The number of nitrogens with two attached hydrogens (primary N) is 1. The Hall–Kier alpha value is -1.67. The maximum Gasteiger partial charge on any atom is 0.321 e. The lowest BCUT2D eigenvalue weighted by Crippen LogP contribution is -2.32. The van der Waals surface area contributed by atoms with Crippen LogP contribution in [0.5, 0.6) is 0 Å². The molecule has 0 rings (SSSR count). The van der Waals surface area contributed by atoms with Gasteiger partial charge in [0.15, 0.2) is 0 Å². The summed E-state index contributed by atoms with van der Waals surface area (Å²) in [7, 11) is 5.22. The number of carbonyl (C=O) groups is 3. The summed E-state index contributed by atoms with van der Waals surface area (Å²) in [4.78, 5) is 31.8. The Bertz CT molecular complexity index is 267. The minimum absolute atomic E-state index is 0.104. The Morgan fingerprint density at radius 3 is 1.88 bits per heavy atom. The molecule has 0 saturated heterocycles. The molecular formula is C9H19N3O5. The molecule has 1 atom stereocenters. The maximum atomic E-state index is 10.6. The van der Waals surface area contributed by atoms with Crippen LogP contribution in [0.25, 0.3) is 0 Å². The molecule has 0 fully saturated rings. The average molecular weight is 249 g/mol. The molecule has 0 aliphatic carbocycles. The van der Waals surface area contributed by atoms with E-state index in [0.29, 0.717) is 6.54 Å². The fourth-order valence-electron chi connectivity index (χ4n) is 0.585. The third-order valence-electron chi connectivity index (χ3n) is 1.54. The van der Waals surface area contributed by atoms with Crippen molar-refractivity contribution in [3.8, 4) is 0 Å². The molecule has 0 radical (unpaired) electrons. The van der Waals surface area contributed by atoms with Crippen LogP contribution in [0.1, 0.15) is 6.42 Å². The number of hydrogen-bond acceptors (Lipinski definition) is 5. The summed E-state index contributed by atoms with van der Waals surface area (Å²) in [5, 5.41) is 18.8. The van der Waals surface area contributed by atoms with Crippen molar-refractivity contribution in [2.75, 3.05) is 27.7 Å². The zero-order valence-corrected chi connectivity index (χ0v) is 10.1. The normalized spacial score (nSPS) is 10.8. The summed E-state index contributed by atoms with van der Waals surface area (Å²) in [5.74, 6) is -2.39. The van der Waals surface area contributed by atoms with E-state index in [0.717, 1.165) is 0 Å². The number of nitrogens with zero attached hydrogens (tertiary/aromatic N) is 1. The summed E-state index contributed by atoms with van der Waals surface area (Å²) >= 11 is 0. The van der Waals surface area contributed by atoms with Crippen molar-refractivity contribution in [3.63, 3.8) is 0 Å². The summed E-state index contributed by atoms with van der Waals surface area (Å²) in [6.45, 7) is 0.424. The second-order valence-corrected chi connectivity index (χ2v) is 3.36. The predicted octanol–water partition coefficient (Wildman–Crippen LogP) is -1.83. The van der Waals surface area contributed by atoms with E-state index in [1.807, 2.05) is 0 Å². The van der Waals surface area contributed by atoms with Gasteiger partial charge in [-0.05, 0) is 7.05 Å². The molecule has 1 amide bonds. The predicted molar refractivity (Wildman–Crippen MR) is 60.5 cm³/mol. The van der Waals surface area contributed by atoms with Crippen molar-refractivity contribution in [3.05, 3.63) is 0 Å². The Balaban J connectivity index is 0. The average Bonchev–Trinajstić information content (AvgIpc) is 2.17. The van der Waals surface area contributed by atoms with Crippen LogP contribution in [0.3, 0.4) is 0 Å². The Morgan fingerprint density at radius 2 is 1.76 bits per heavy atom. The second kappa shape index (κ2) is 9.55. The highest BCUT2D eigenvalue weighted by Crippen LogP contribution is 1.86. The lowest BCUT2D eigenvalue weighted by molar-refractivity contribution is -0.144. The molecule has 8 heteroatoms. The van der Waals surface area contributed by atoms with Crippen molar-refractivity contribution in [2.24, 2.45) is 5.73 Å². The lowest BCUT2D eigenvalue weighted by Gasteiger charge is -2.07. The van der Waals surface area contributed by atoms with E-state index in [4.69, 9.17) is 15.9 Å². The highest BCUT2D eigenvalue weighted by molar-refractivity contribution is 5.80. The van der Waals surface area contributed by atoms with Gasteiger partial charge in [0.2, 0.25) is 5.91 Å². The van der Waals surface area contributed by atoms with Gasteiger partial charge in [-0.1, -0.05) is 0 Å². The SMILES string of the molecule is CNCC(=O)N(C)C.N[C@@H](CC(=O)O)C(=O)O. The van der Waals surface area contributed by atoms with Crippen LogP contribution < -0.4 is 11.1 Å². The quantitative estimate of drug-likeness (QED) is 0.450. The number of rotatable bonds is 5. The van der Waals surface area contributed by atoms with Crippen molar-refractivity contribution in [2.45, 2.75) is 12.5 Å². The van der Waals surface area contributed by atoms with Crippen LogP contribution in [-0.4, -0.2) is 66.7 Å². The lowest BCUT2D eigenvalue weighted by atomic mass is 10.2. The molecule has 100 valence electrons. The van der Waals surface area contributed by atoms with Gasteiger partial charge in [0.05, 0.1) is 13.0 Å². The van der Waals surface area contributed by atoms with E-state index in [1.54, 1.807) is 26.0 Å². The third kappa shape index (κ3) is 12.3. The van der Waals surface area contributed by atoms with Gasteiger partial charge in [-0.25, -0.2) is 0 Å². The molecule has 0 aromatic rings. The molecule has 0 heterocycles. The number of amides is 1. The van der Waals surface area contributed by atoms with Gasteiger partial charge in [0.1, 0.15) is 6.04 Å². The number of carboxylic acids is 2. The maximum absolute atomic E-state index is 10.6. The van der Waals surface area contributed by atoms with Crippen LogP contribution >= 0.6 is 0 Å². The van der Waals surface area contributed by atoms with Crippen molar-refractivity contribution in [1.29, 1.82) is 0 Å². The first-order valence-corrected chi connectivity index (χ1v) is 4.77. The monoisotopic (exact) mass is 249 g/mol. The first kappa shape index (κ1) is 17.7. The minimum Gasteiger partial charge on any atom is -0.481 e. The number of carboxylic acid groups (broad SMARTS) is 2. The molecule has 17 heavy (non-hydrogen) atoms. The summed E-state index contributed by atoms with van der Waals surface area (Å²) < 4.78 is 0. The van der Waals surface area contributed by atoms with Crippen LogP contribution in [0.15, 0.2) is 0 Å². The van der Waals surface area contributed by atoms with E-state index in [2.05, 4.69) is 5.32 Å². The Labute approximate surface area is 99.4 Å². The number of aliphatic carboxylic acids is 2. The Kier molecular flexibility index (Phi) is 9.95. The van der Waals surface area contributed by atoms with Crippen molar-refractivity contribution >= 4 is 17.8 Å². The Morgan fingerprint density at radius 1 is 1.29 bits per heavy atom. The highest BCUT2D eigenvalue weighted by Gasteiger charge is 2.14. The molecule has 5 N–H and O–H groups in total. The van der Waals surface area contributed by atoms with Crippen LogP contribution in [-0.2, 0) is 14.4 Å². The molecule has 0 aliphatic rings. The van der Waals surface area contributed by atoms with Crippen molar-refractivity contribution in [1.82, 2.24) is 10.2 Å². The summed E-state index contributed by atoms with van der Waals surface area (Å²) in [5.41, 5.74) is 4.84. The fraction of sp³-hybridized carbons (Fsp3) is 0.667. The molecule has 0 aromatic carbocycles. The molecule has 0 saturated carbocycles. The van der Waals surface area contributed by atoms with E-state index in [1.165, 1.54) is 0 Å². The van der Waals surface area contributed by atoms with E-state index >= 15 is 0 Å². The first-order valence-electron chi connectivity index (χ1n) is 4.77. The van der Waals surface area contributed by atoms with Gasteiger partial charge >= 0.3 is 11.9 Å². The van der Waals surface area contributed by atoms with Crippen molar-refractivity contribution < 1.29 is 24.6 Å². The largest absolute Gasteiger partial charge is 0.481 e. The summed E-state index contributed by atoms with van der Waals surface area (Å²) in [6, 6.07) is -1.29. The molecule has 0 spiro atoms. The van der Waals surface area contributed by atoms with Gasteiger partial charge in [-0.2, -0.15) is 0 Å². The van der Waals surface area contributed by atoms with Crippen LogP contribution in [0.2, 0.25) is 0 Å². The fourth-order valence-corrected chi connectivity index (χ4v) is 0.585. The van der Waals surface area contributed by atoms with Gasteiger partial charge in [0.25, 0.3) is 0 Å². The molecule has 0 aliphatic heterocycles. The number of likely N-dealkylation sites (N-methyl/N-ethyl adjacent to an activating group) is 2. The van der Waals surface area contributed by atoms with Gasteiger partial charge in [-0.15, -0.1) is 0 Å². The number of carbonyl (C=O) groups excluding carboxylic acids is 1. The van der Waals surface area contributed by atoms with E-state index in [9.17, 15) is 14.4 Å².